The number of benzene rings is 1. The predicted molar refractivity (Wildman–Crippen MR) is 67.6 cm³/mol. The van der Waals surface area contributed by atoms with Gasteiger partial charge in [-0.25, -0.2) is 0 Å². The van der Waals surface area contributed by atoms with Crippen molar-refractivity contribution < 1.29 is 0 Å². The third-order valence-electron chi connectivity index (χ3n) is 2.42. The first-order valence-electron chi connectivity index (χ1n) is 5.74. The lowest BCUT2D eigenvalue weighted by Gasteiger charge is -2.04. The van der Waals surface area contributed by atoms with E-state index in [1.165, 1.54) is 18.4 Å². The zero-order valence-electron chi connectivity index (χ0n) is 9.21. The Kier molecular flexibility index (Phi) is 7.32. The summed E-state index contributed by atoms with van der Waals surface area (Å²) in [6, 6.07) is 10.6. The number of unbranched alkanes of at least 4 members (excludes halogenated alkanes) is 2. The lowest BCUT2D eigenvalue weighted by atomic mass is 10.1. The smallest absolute Gasteiger partial charge is 0.0223 e. The van der Waals surface area contributed by atoms with Crippen molar-refractivity contribution in [3.63, 3.8) is 0 Å². The van der Waals surface area contributed by atoms with E-state index in [1.807, 2.05) is 0 Å². The molecule has 1 aromatic rings. The third-order valence-corrected chi connectivity index (χ3v) is 2.69. The molecule has 0 bridgehead atoms. The fraction of sp³-hybridized carbons (Fsp3) is 0.538. The van der Waals surface area contributed by atoms with Crippen LogP contribution in [0.1, 0.15) is 24.8 Å². The zero-order valence-corrected chi connectivity index (χ0v) is 9.97. The molecule has 15 heavy (non-hydrogen) atoms. The molecule has 0 saturated heterocycles. The fourth-order valence-electron chi connectivity index (χ4n) is 1.52. The van der Waals surface area contributed by atoms with Crippen LogP contribution in [-0.2, 0) is 6.42 Å². The van der Waals surface area contributed by atoms with E-state index in [4.69, 9.17) is 11.6 Å². The summed E-state index contributed by atoms with van der Waals surface area (Å²) in [6.07, 6.45) is 4.74. The largest absolute Gasteiger partial charge is 0.316 e. The molecule has 0 unspecified atom stereocenters. The second-order valence-corrected chi connectivity index (χ2v) is 4.11. The van der Waals surface area contributed by atoms with Crippen molar-refractivity contribution in [3.8, 4) is 0 Å². The molecule has 0 aromatic heterocycles. The van der Waals surface area contributed by atoms with Crippen LogP contribution in [0.5, 0.6) is 0 Å². The van der Waals surface area contributed by atoms with Crippen molar-refractivity contribution in [2.24, 2.45) is 0 Å². The van der Waals surface area contributed by atoms with Gasteiger partial charge in [0.05, 0.1) is 0 Å². The Labute approximate surface area is 97.8 Å². The highest BCUT2D eigenvalue weighted by molar-refractivity contribution is 6.17. The summed E-state index contributed by atoms with van der Waals surface area (Å²) in [6.45, 7) is 2.19. The molecule has 84 valence electrons. The summed E-state index contributed by atoms with van der Waals surface area (Å²) in [5, 5.41) is 3.45. The molecule has 1 N–H and O–H groups in total. The van der Waals surface area contributed by atoms with E-state index in [0.29, 0.717) is 0 Å². The van der Waals surface area contributed by atoms with Crippen LogP contribution in [0.15, 0.2) is 30.3 Å². The molecule has 0 aliphatic heterocycles. The predicted octanol–water partition coefficient (Wildman–Crippen LogP) is 3.23. The van der Waals surface area contributed by atoms with Crippen LogP contribution in [0.4, 0.5) is 0 Å². The quantitative estimate of drug-likeness (QED) is 0.529. The van der Waals surface area contributed by atoms with Crippen LogP contribution < -0.4 is 5.32 Å². The van der Waals surface area contributed by atoms with Crippen molar-refractivity contribution in [2.75, 3.05) is 19.0 Å². The standard InChI is InChI=1S/C13H20ClN/c14-10-5-2-6-11-15-12-9-13-7-3-1-4-8-13/h1,3-4,7-8,15H,2,5-6,9-12H2. The molecule has 0 fully saturated rings. The number of rotatable bonds is 8. The summed E-state index contributed by atoms with van der Waals surface area (Å²) in [7, 11) is 0. The third kappa shape index (κ3) is 6.53. The minimum absolute atomic E-state index is 0.796. The van der Waals surface area contributed by atoms with Gasteiger partial charge in [0.25, 0.3) is 0 Å². The number of halogens is 1. The van der Waals surface area contributed by atoms with Crippen LogP contribution in [0.25, 0.3) is 0 Å². The first-order chi connectivity index (χ1) is 7.43. The molecule has 1 aromatic carbocycles. The van der Waals surface area contributed by atoms with Crippen molar-refractivity contribution in [3.05, 3.63) is 35.9 Å². The SMILES string of the molecule is ClCCCCCNCCc1ccccc1. The second kappa shape index (κ2) is 8.75. The highest BCUT2D eigenvalue weighted by Gasteiger charge is 1.91. The zero-order chi connectivity index (χ0) is 10.8. The molecule has 1 nitrogen and oxygen atoms in total. The van der Waals surface area contributed by atoms with E-state index in [1.54, 1.807) is 0 Å². The number of nitrogens with one attached hydrogen (secondary N) is 1. The van der Waals surface area contributed by atoms with Crippen LogP contribution in [0.3, 0.4) is 0 Å². The molecule has 0 amide bonds. The van der Waals surface area contributed by atoms with Crippen LogP contribution in [0, 0.1) is 0 Å². The van der Waals surface area contributed by atoms with Gasteiger partial charge in [-0.05, 0) is 37.9 Å². The van der Waals surface area contributed by atoms with E-state index >= 15 is 0 Å². The Hall–Kier alpha value is -0.530. The summed E-state index contributed by atoms with van der Waals surface area (Å²) in [5.41, 5.74) is 1.41. The van der Waals surface area contributed by atoms with Crippen molar-refractivity contribution in [1.82, 2.24) is 5.32 Å². The molecule has 0 heterocycles. The molecular weight excluding hydrogens is 206 g/mol. The highest BCUT2D eigenvalue weighted by atomic mass is 35.5. The molecule has 0 radical (unpaired) electrons. The minimum atomic E-state index is 0.796. The van der Waals surface area contributed by atoms with Crippen molar-refractivity contribution in [1.29, 1.82) is 0 Å². The van der Waals surface area contributed by atoms with E-state index in [0.717, 1.165) is 31.8 Å². The Morgan fingerprint density at radius 3 is 2.47 bits per heavy atom. The van der Waals surface area contributed by atoms with Gasteiger partial charge in [0, 0.05) is 5.88 Å². The van der Waals surface area contributed by atoms with E-state index in [9.17, 15) is 0 Å². The Bertz CT molecular complexity index is 236. The van der Waals surface area contributed by atoms with Gasteiger partial charge in [-0.3, -0.25) is 0 Å². The first kappa shape index (κ1) is 12.5. The van der Waals surface area contributed by atoms with Crippen LogP contribution in [-0.4, -0.2) is 19.0 Å². The van der Waals surface area contributed by atoms with Crippen LogP contribution >= 0.6 is 11.6 Å². The van der Waals surface area contributed by atoms with Gasteiger partial charge in [0.2, 0.25) is 0 Å². The van der Waals surface area contributed by atoms with Crippen LogP contribution in [0.2, 0.25) is 0 Å². The Morgan fingerprint density at radius 2 is 1.73 bits per heavy atom. The maximum Gasteiger partial charge on any atom is 0.0223 e. The van der Waals surface area contributed by atoms with E-state index in [-0.39, 0.29) is 0 Å². The molecule has 0 atom stereocenters. The summed E-state index contributed by atoms with van der Waals surface area (Å²) in [5.74, 6) is 0.796. The normalized spacial score (nSPS) is 10.5. The van der Waals surface area contributed by atoms with Gasteiger partial charge in [0.15, 0.2) is 0 Å². The number of hydrogen-bond donors (Lipinski definition) is 1. The number of hydrogen-bond acceptors (Lipinski definition) is 1. The van der Waals surface area contributed by atoms with Gasteiger partial charge in [-0.1, -0.05) is 36.8 Å². The van der Waals surface area contributed by atoms with Gasteiger partial charge in [-0.15, -0.1) is 11.6 Å². The molecule has 1 rings (SSSR count). The lowest BCUT2D eigenvalue weighted by molar-refractivity contribution is 0.618. The second-order valence-electron chi connectivity index (χ2n) is 3.74. The lowest BCUT2D eigenvalue weighted by Crippen LogP contribution is -2.18. The van der Waals surface area contributed by atoms with E-state index in [2.05, 4.69) is 35.6 Å². The Balaban J connectivity index is 1.93. The molecule has 0 aliphatic rings. The molecule has 0 spiro atoms. The van der Waals surface area contributed by atoms with Gasteiger partial charge in [0.1, 0.15) is 0 Å². The molecule has 0 saturated carbocycles. The summed E-state index contributed by atoms with van der Waals surface area (Å²) in [4.78, 5) is 0. The van der Waals surface area contributed by atoms with E-state index < -0.39 is 0 Å². The van der Waals surface area contributed by atoms with Crippen molar-refractivity contribution in [2.45, 2.75) is 25.7 Å². The summed E-state index contributed by atoms with van der Waals surface area (Å²) < 4.78 is 0. The molecule has 2 heteroatoms. The monoisotopic (exact) mass is 225 g/mol. The van der Waals surface area contributed by atoms with Gasteiger partial charge < -0.3 is 5.32 Å². The minimum Gasteiger partial charge on any atom is -0.316 e. The van der Waals surface area contributed by atoms with Gasteiger partial charge >= 0.3 is 0 Å². The highest BCUT2D eigenvalue weighted by Crippen LogP contribution is 1.99. The maximum atomic E-state index is 5.60. The summed E-state index contributed by atoms with van der Waals surface area (Å²) >= 11 is 5.60. The first-order valence-corrected chi connectivity index (χ1v) is 6.27. The number of alkyl halides is 1. The van der Waals surface area contributed by atoms with Gasteiger partial charge in [-0.2, -0.15) is 0 Å². The average molecular weight is 226 g/mol. The fourth-order valence-corrected chi connectivity index (χ4v) is 1.71. The topological polar surface area (TPSA) is 12.0 Å². The molecular formula is C13H20ClN. The average Bonchev–Trinajstić information content (AvgIpc) is 2.29. The van der Waals surface area contributed by atoms with Crippen molar-refractivity contribution >= 4 is 11.6 Å². The molecule has 0 aliphatic carbocycles. The maximum absolute atomic E-state index is 5.60. The Morgan fingerprint density at radius 1 is 0.933 bits per heavy atom.